The van der Waals surface area contributed by atoms with Crippen LogP contribution >= 0.6 is 0 Å². The maximum Gasteiger partial charge on any atom is 0.0439 e. The maximum atomic E-state index is 3.36. The number of hydrogen-bond donors (Lipinski definition) is 0. The fourth-order valence-corrected chi connectivity index (χ4v) is 4.91. The van der Waals surface area contributed by atoms with Gasteiger partial charge in [0.1, 0.15) is 0 Å². The summed E-state index contributed by atoms with van der Waals surface area (Å²) in [5, 5.41) is 0. The molecule has 0 aliphatic heterocycles. The molecule has 1 unspecified atom stereocenters. The van der Waals surface area contributed by atoms with Crippen molar-refractivity contribution in [1.82, 2.24) is 0 Å². The Bertz CT molecular complexity index is 466. The first-order valence-electron chi connectivity index (χ1n) is 6.54. The fourth-order valence-electron chi connectivity index (χ4n) is 2.65. The van der Waals surface area contributed by atoms with Gasteiger partial charge >= 0.3 is 0 Å². The molecule has 0 heterocycles. The van der Waals surface area contributed by atoms with E-state index in [1.165, 1.54) is 11.1 Å². The van der Waals surface area contributed by atoms with Crippen molar-refractivity contribution in [1.29, 1.82) is 0 Å². The molecule has 1 atom stereocenters. The number of benzene rings is 1. The predicted molar refractivity (Wildman–Crippen MR) is 86.7 cm³/mol. The zero-order valence-electron chi connectivity index (χ0n) is 12.5. The number of fused-ring (bicyclic) bond motifs is 1. The third kappa shape index (κ3) is 4.17. The van der Waals surface area contributed by atoms with Crippen molar-refractivity contribution in [3.8, 4) is 0 Å². The van der Waals surface area contributed by atoms with Crippen LogP contribution in [-0.4, -0.2) is 8.80 Å². The summed E-state index contributed by atoms with van der Waals surface area (Å²) in [6, 6.07) is 8.91. The van der Waals surface area contributed by atoms with Crippen molar-refractivity contribution in [2.75, 3.05) is 0 Å². The zero-order valence-corrected chi connectivity index (χ0v) is 15.2. The smallest absolute Gasteiger partial charge is 0.0439 e. The molecule has 100 valence electrons. The minimum Gasteiger partial charge on any atom is -0.0991 e. The zero-order chi connectivity index (χ0) is 13.7. The van der Waals surface area contributed by atoms with Crippen LogP contribution in [0.25, 0.3) is 5.57 Å². The Kier molecular flexibility index (Phi) is 8.24. The first-order valence-corrected chi connectivity index (χ1v) is 9.52. The van der Waals surface area contributed by atoms with E-state index in [1.54, 1.807) is 23.3 Å². The van der Waals surface area contributed by atoms with Gasteiger partial charge in [0.15, 0.2) is 0 Å². The largest absolute Gasteiger partial charge is 0.0991 e. The fraction of sp³-hybridized carbons (Fsp3) is 0.294. The summed E-state index contributed by atoms with van der Waals surface area (Å²) in [5.74, 6) is 0. The summed E-state index contributed by atoms with van der Waals surface area (Å²) >= 11 is 0. The van der Waals surface area contributed by atoms with Crippen LogP contribution in [0, 0.1) is 0 Å². The molecule has 1 aliphatic rings. The van der Waals surface area contributed by atoms with Gasteiger partial charge in [0.2, 0.25) is 0 Å². The SMILES string of the molecule is C=CC=C.CC1=C(C)C([SiH](C)C)c2ccccc21.[Ti]. The molecule has 2 rings (SSSR count). The number of allylic oxidation sites excluding steroid dienone is 4. The molecular weight excluding hydrogens is 280 g/mol. The number of hydrogen-bond acceptors (Lipinski definition) is 0. The third-order valence-corrected chi connectivity index (χ3v) is 5.78. The van der Waals surface area contributed by atoms with Crippen LogP contribution in [0.4, 0.5) is 0 Å². The molecule has 0 aromatic heterocycles. The average molecular weight is 304 g/mol. The first kappa shape index (κ1) is 18.4. The van der Waals surface area contributed by atoms with Gasteiger partial charge in [0.25, 0.3) is 0 Å². The van der Waals surface area contributed by atoms with Gasteiger partial charge in [0, 0.05) is 30.5 Å². The van der Waals surface area contributed by atoms with Crippen LogP contribution in [0.15, 0.2) is 55.1 Å². The van der Waals surface area contributed by atoms with Gasteiger partial charge in [-0.05, 0) is 36.1 Å². The van der Waals surface area contributed by atoms with Gasteiger partial charge in [-0.15, -0.1) is 0 Å². The van der Waals surface area contributed by atoms with Crippen LogP contribution in [0.1, 0.15) is 30.5 Å². The second-order valence-corrected chi connectivity index (χ2v) is 8.24. The van der Waals surface area contributed by atoms with Crippen molar-refractivity contribution >= 4 is 14.4 Å². The van der Waals surface area contributed by atoms with Crippen molar-refractivity contribution in [2.24, 2.45) is 0 Å². The van der Waals surface area contributed by atoms with E-state index in [4.69, 9.17) is 0 Å². The molecule has 2 heteroatoms. The summed E-state index contributed by atoms with van der Waals surface area (Å²) in [6.45, 7) is 16.2. The molecule has 0 N–H and O–H groups in total. The van der Waals surface area contributed by atoms with Crippen molar-refractivity contribution < 1.29 is 21.7 Å². The Morgan fingerprint density at radius 1 is 1.05 bits per heavy atom. The van der Waals surface area contributed by atoms with E-state index in [2.05, 4.69) is 64.4 Å². The summed E-state index contributed by atoms with van der Waals surface area (Å²) < 4.78 is 0. The molecule has 19 heavy (non-hydrogen) atoms. The molecule has 0 bridgehead atoms. The van der Waals surface area contributed by atoms with E-state index in [1.807, 2.05) is 0 Å². The molecule has 0 saturated heterocycles. The Labute approximate surface area is 134 Å². The van der Waals surface area contributed by atoms with E-state index in [9.17, 15) is 0 Å². The van der Waals surface area contributed by atoms with E-state index in [-0.39, 0.29) is 21.7 Å². The van der Waals surface area contributed by atoms with Gasteiger partial charge in [-0.2, -0.15) is 0 Å². The molecule has 1 aliphatic carbocycles. The van der Waals surface area contributed by atoms with Crippen LogP contribution < -0.4 is 0 Å². The minimum atomic E-state index is -0.614. The molecule has 1 aromatic carbocycles. The monoisotopic (exact) mass is 304 g/mol. The molecule has 0 nitrogen and oxygen atoms in total. The topological polar surface area (TPSA) is 0 Å². The molecule has 1 aromatic rings. The maximum absolute atomic E-state index is 3.36. The Balaban J connectivity index is 0.000000576. The molecule has 0 saturated carbocycles. The van der Waals surface area contributed by atoms with E-state index in [0.717, 1.165) is 5.54 Å². The second kappa shape index (κ2) is 8.52. The Hall–Kier alpha value is -0.629. The van der Waals surface area contributed by atoms with Crippen molar-refractivity contribution in [3.63, 3.8) is 0 Å². The van der Waals surface area contributed by atoms with Gasteiger partial charge in [-0.1, -0.05) is 68.2 Å². The quantitative estimate of drug-likeness (QED) is 0.535. The summed E-state index contributed by atoms with van der Waals surface area (Å²) in [5.41, 5.74) is 7.01. The van der Waals surface area contributed by atoms with Gasteiger partial charge in [-0.25, -0.2) is 0 Å². The van der Waals surface area contributed by atoms with Crippen LogP contribution in [0.5, 0.6) is 0 Å². The molecule has 0 spiro atoms. The molecular formula is C17H24SiTi. The Morgan fingerprint density at radius 2 is 1.58 bits per heavy atom. The summed E-state index contributed by atoms with van der Waals surface area (Å²) in [4.78, 5) is 0. The molecule has 0 fully saturated rings. The van der Waals surface area contributed by atoms with E-state index in [0.29, 0.717) is 0 Å². The van der Waals surface area contributed by atoms with Gasteiger partial charge in [-0.3, -0.25) is 0 Å². The molecule has 0 amide bonds. The van der Waals surface area contributed by atoms with Gasteiger partial charge < -0.3 is 0 Å². The average Bonchev–Trinajstić information content (AvgIpc) is 2.63. The van der Waals surface area contributed by atoms with Crippen molar-refractivity contribution in [3.05, 3.63) is 66.3 Å². The summed E-state index contributed by atoms with van der Waals surface area (Å²) in [7, 11) is -0.614. The minimum absolute atomic E-state index is 0. The van der Waals surface area contributed by atoms with Crippen molar-refractivity contribution in [2.45, 2.75) is 32.5 Å². The van der Waals surface area contributed by atoms with Crippen LogP contribution in [0.3, 0.4) is 0 Å². The normalized spacial score (nSPS) is 16.2. The summed E-state index contributed by atoms with van der Waals surface area (Å²) in [6.07, 6.45) is 3.28. The van der Waals surface area contributed by atoms with E-state index < -0.39 is 8.80 Å². The van der Waals surface area contributed by atoms with Gasteiger partial charge in [0.05, 0.1) is 0 Å². The van der Waals surface area contributed by atoms with E-state index >= 15 is 0 Å². The number of rotatable bonds is 2. The first-order chi connectivity index (χ1) is 8.54. The standard InChI is InChI=1S/C13H18Si.C4H6.Ti/c1-9-10(2)13(14(3)4)12-8-6-5-7-11(9)12;1-3-4-2;/h5-8,13-14H,1-4H3;3-4H,1-2H2;. The predicted octanol–water partition coefficient (Wildman–Crippen LogP) is 4.96. The Morgan fingerprint density at radius 3 is 2.05 bits per heavy atom. The van der Waals surface area contributed by atoms with Crippen LogP contribution in [0.2, 0.25) is 13.1 Å². The second-order valence-electron chi connectivity index (χ2n) is 5.09. The molecule has 0 radical (unpaired) electrons. The third-order valence-electron chi connectivity index (χ3n) is 3.59. The van der Waals surface area contributed by atoms with Crippen LogP contribution in [-0.2, 0) is 21.7 Å².